The molecule has 1 aromatic carbocycles. The summed E-state index contributed by atoms with van der Waals surface area (Å²) in [6.45, 7) is 2.20. The van der Waals surface area contributed by atoms with Crippen molar-refractivity contribution >= 4 is 29.1 Å². The topological polar surface area (TPSA) is 114 Å². The summed E-state index contributed by atoms with van der Waals surface area (Å²) in [5.74, 6) is -0.293. The van der Waals surface area contributed by atoms with E-state index in [0.29, 0.717) is 16.4 Å². The second-order valence-corrected chi connectivity index (χ2v) is 7.59. The Morgan fingerprint density at radius 3 is 2.96 bits per heavy atom. The Hall–Kier alpha value is -2.94. The second-order valence-electron chi connectivity index (χ2n) is 6.45. The van der Waals surface area contributed by atoms with Crippen molar-refractivity contribution in [3.05, 3.63) is 49.2 Å². The van der Waals surface area contributed by atoms with Crippen LogP contribution in [-0.2, 0) is 12.8 Å². The number of fused-ring (bicyclic) bond motifs is 1. The highest BCUT2D eigenvalue weighted by molar-refractivity contribution is 7.14. The van der Waals surface area contributed by atoms with Crippen LogP contribution in [-0.4, -0.2) is 29.3 Å². The minimum atomic E-state index is -0.717. The van der Waals surface area contributed by atoms with Gasteiger partial charge in [-0.2, -0.15) is 5.10 Å². The molecule has 0 spiro atoms. The van der Waals surface area contributed by atoms with Crippen LogP contribution in [0.1, 0.15) is 39.0 Å². The molecule has 1 heterocycles. The number of nitrogens with one attached hydrogen (secondary N) is 1. The maximum atomic E-state index is 12.3. The third kappa shape index (κ3) is 4.08. The first-order chi connectivity index (χ1) is 12.9. The lowest BCUT2D eigenvalue weighted by atomic mass is 9.90. The molecule has 1 aliphatic rings. The Morgan fingerprint density at radius 1 is 1.48 bits per heavy atom. The zero-order valence-corrected chi connectivity index (χ0v) is 15.7. The fourth-order valence-electron chi connectivity index (χ4n) is 3.02. The Labute approximate surface area is 159 Å². The smallest absolute Gasteiger partial charge is 0.315 e. The van der Waals surface area contributed by atoms with Gasteiger partial charge in [0.05, 0.1) is 23.1 Å². The zero-order valence-electron chi connectivity index (χ0n) is 14.9. The fourth-order valence-corrected chi connectivity index (χ4v) is 4.12. The van der Waals surface area contributed by atoms with E-state index in [1.54, 1.807) is 0 Å². The van der Waals surface area contributed by atoms with Gasteiger partial charge in [0.25, 0.3) is 5.91 Å². The standard InChI is InChI=1S/C18H19N3O5S/c1-10-3-4-15-12(5-10)8-16(27-15)18(23)20-19-9-11-6-13(21(24)25)17(22)14(7-11)26-2/h6-10,22H,3-5H2,1-2H3,(H,20,23)/b19-9-/t10-/m0/s1. The van der Waals surface area contributed by atoms with E-state index in [0.717, 1.165) is 25.3 Å². The lowest BCUT2D eigenvalue weighted by Gasteiger charge is -2.16. The number of carbonyl (C=O) groups is 1. The quantitative estimate of drug-likeness (QED) is 0.463. The third-order valence-corrected chi connectivity index (χ3v) is 5.66. The Morgan fingerprint density at radius 2 is 2.26 bits per heavy atom. The maximum Gasteiger partial charge on any atom is 0.315 e. The molecule has 142 valence electrons. The van der Waals surface area contributed by atoms with Gasteiger partial charge in [-0.15, -0.1) is 11.3 Å². The first-order valence-corrected chi connectivity index (χ1v) is 9.21. The Kier molecular flexibility index (Phi) is 5.41. The minimum Gasteiger partial charge on any atom is -0.500 e. The number of aromatic hydroxyl groups is 1. The van der Waals surface area contributed by atoms with E-state index in [4.69, 9.17) is 4.74 Å². The number of rotatable bonds is 5. The highest BCUT2D eigenvalue weighted by Crippen LogP contribution is 2.36. The molecule has 0 saturated carbocycles. The second kappa shape index (κ2) is 7.75. The molecule has 1 atom stereocenters. The monoisotopic (exact) mass is 389 g/mol. The van der Waals surface area contributed by atoms with Crippen LogP contribution in [0.25, 0.3) is 0 Å². The summed E-state index contributed by atoms with van der Waals surface area (Å²) in [5, 5.41) is 24.6. The largest absolute Gasteiger partial charge is 0.500 e. The van der Waals surface area contributed by atoms with E-state index >= 15 is 0 Å². The predicted molar refractivity (Wildman–Crippen MR) is 102 cm³/mol. The van der Waals surface area contributed by atoms with Crippen molar-refractivity contribution in [1.82, 2.24) is 5.43 Å². The number of nitrogens with zero attached hydrogens (tertiary/aromatic N) is 2. The normalized spacial score (nSPS) is 16.1. The molecule has 0 bridgehead atoms. The summed E-state index contributed by atoms with van der Waals surface area (Å²) >= 11 is 1.48. The van der Waals surface area contributed by atoms with Gasteiger partial charge in [-0.05, 0) is 42.9 Å². The van der Waals surface area contributed by atoms with Crippen molar-refractivity contribution < 1.29 is 19.6 Å². The third-order valence-electron chi connectivity index (χ3n) is 4.43. The molecular weight excluding hydrogens is 370 g/mol. The molecule has 3 rings (SSSR count). The van der Waals surface area contributed by atoms with Crippen LogP contribution in [0.4, 0.5) is 5.69 Å². The SMILES string of the molecule is COc1cc(/C=N\NC(=O)c2cc3c(s2)CC[C@H](C)C3)cc([N+](=O)[O-])c1O. The van der Waals surface area contributed by atoms with Crippen molar-refractivity contribution in [2.75, 3.05) is 7.11 Å². The van der Waals surface area contributed by atoms with Crippen LogP contribution in [0.3, 0.4) is 0 Å². The van der Waals surface area contributed by atoms with Crippen molar-refractivity contribution in [2.45, 2.75) is 26.2 Å². The molecule has 2 aromatic rings. The number of benzene rings is 1. The van der Waals surface area contributed by atoms with Crippen LogP contribution in [0.2, 0.25) is 0 Å². The van der Waals surface area contributed by atoms with Crippen molar-refractivity contribution in [3.8, 4) is 11.5 Å². The molecule has 1 aromatic heterocycles. The van der Waals surface area contributed by atoms with E-state index in [1.165, 1.54) is 41.2 Å². The van der Waals surface area contributed by atoms with Gasteiger partial charge in [-0.25, -0.2) is 5.43 Å². The first kappa shape index (κ1) is 18.8. The number of methoxy groups -OCH3 is 1. The highest BCUT2D eigenvalue weighted by Gasteiger charge is 2.21. The molecule has 27 heavy (non-hydrogen) atoms. The summed E-state index contributed by atoms with van der Waals surface area (Å²) in [6, 6.07) is 4.46. The minimum absolute atomic E-state index is 0.0444. The van der Waals surface area contributed by atoms with Gasteiger partial charge in [0.2, 0.25) is 5.75 Å². The number of phenolic OH excluding ortho intramolecular Hbond substituents is 1. The molecular formula is C18H19N3O5S. The van der Waals surface area contributed by atoms with Gasteiger partial charge in [-0.3, -0.25) is 14.9 Å². The van der Waals surface area contributed by atoms with E-state index < -0.39 is 16.4 Å². The average Bonchev–Trinajstić information content (AvgIpc) is 3.05. The zero-order chi connectivity index (χ0) is 19.6. The number of phenols is 1. The van der Waals surface area contributed by atoms with Gasteiger partial charge in [0.1, 0.15) is 0 Å². The maximum absolute atomic E-state index is 12.3. The van der Waals surface area contributed by atoms with Gasteiger partial charge in [-0.1, -0.05) is 6.92 Å². The summed E-state index contributed by atoms with van der Waals surface area (Å²) in [7, 11) is 1.29. The van der Waals surface area contributed by atoms with Crippen molar-refractivity contribution in [3.63, 3.8) is 0 Å². The summed E-state index contributed by atoms with van der Waals surface area (Å²) < 4.78 is 4.93. The number of hydrogen-bond donors (Lipinski definition) is 2. The number of carbonyl (C=O) groups excluding carboxylic acids is 1. The van der Waals surface area contributed by atoms with E-state index in [-0.39, 0.29) is 11.7 Å². The number of hydrogen-bond acceptors (Lipinski definition) is 7. The predicted octanol–water partition coefficient (Wildman–Crippen LogP) is 3.26. The molecule has 9 heteroatoms. The number of amides is 1. The lowest BCUT2D eigenvalue weighted by Crippen LogP contribution is -2.16. The van der Waals surface area contributed by atoms with Crippen LogP contribution in [0.15, 0.2) is 23.3 Å². The lowest BCUT2D eigenvalue weighted by molar-refractivity contribution is -0.386. The molecule has 0 unspecified atom stereocenters. The van der Waals surface area contributed by atoms with Gasteiger partial charge >= 0.3 is 5.69 Å². The number of thiophene rings is 1. The molecule has 0 radical (unpaired) electrons. The van der Waals surface area contributed by atoms with Gasteiger partial charge < -0.3 is 9.84 Å². The first-order valence-electron chi connectivity index (χ1n) is 8.39. The Balaban J connectivity index is 1.73. The summed E-state index contributed by atoms with van der Waals surface area (Å²) in [6.07, 6.45) is 4.38. The summed E-state index contributed by atoms with van der Waals surface area (Å²) in [5.41, 5.74) is 3.48. The molecule has 8 nitrogen and oxygen atoms in total. The molecule has 1 aliphatic carbocycles. The number of hydrazone groups is 1. The number of ether oxygens (including phenoxy) is 1. The average molecular weight is 389 g/mol. The van der Waals surface area contributed by atoms with Crippen molar-refractivity contribution in [2.24, 2.45) is 11.0 Å². The van der Waals surface area contributed by atoms with Crippen LogP contribution in [0.5, 0.6) is 11.5 Å². The number of nitro benzene ring substituents is 1. The number of nitro groups is 1. The van der Waals surface area contributed by atoms with Crippen LogP contribution < -0.4 is 10.2 Å². The van der Waals surface area contributed by atoms with E-state index in [1.807, 2.05) is 6.07 Å². The van der Waals surface area contributed by atoms with E-state index in [2.05, 4.69) is 17.5 Å². The molecule has 0 saturated heterocycles. The molecule has 2 N–H and O–H groups in total. The number of aryl methyl sites for hydroxylation is 1. The van der Waals surface area contributed by atoms with Crippen molar-refractivity contribution in [1.29, 1.82) is 0 Å². The van der Waals surface area contributed by atoms with Crippen LogP contribution >= 0.6 is 11.3 Å². The fraction of sp³-hybridized carbons (Fsp3) is 0.333. The van der Waals surface area contributed by atoms with Crippen LogP contribution in [0, 0.1) is 16.0 Å². The van der Waals surface area contributed by atoms with Gasteiger partial charge in [0, 0.05) is 16.5 Å². The molecule has 0 aliphatic heterocycles. The highest BCUT2D eigenvalue weighted by atomic mass is 32.1. The molecule has 1 amide bonds. The molecule has 0 fully saturated rings. The van der Waals surface area contributed by atoms with Gasteiger partial charge in [0.15, 0.2) is 5.75 Å². The summed E-state index contributed by atoms with van der Waals surface area (Å²) in [4.78, 5) is 24.4. The Bertz CT molecular complexity index is 922. The van der Waals surface area contributed by atoms with E-state index in [9.17, 15) is 20.0 Å².